The Kier molecular flexibility index (Phi) is 6.53. The SMILES string of the molecule is O=C(COc1ccccc1)NNC(=S)NC(=O)c1ccc(Cl)cc1. The fourth-order valence-electron chi connectivity index (χ4n) is 1.64. The van der Waals surface area contributed by atoms with E-state index >= 15 is 0 Å². The lowest BCUT2D eigenvalue weighted by Crippen LogP contribution is -2.49. The van der Waals surface area contributed by atoms with Crippen molar-refractivity contribution in [3.63, 3.8) is 0 Å². The predicted octanol–water partition coefficient (Wildman–Crippen LogP) is 2.05. The Bertz CT molecular complexity index is 723. The van der Waals surface area contributed by atoms with Gasteiger partial charge in [-0.15, -0.1) is 0 Å². The van der Waals surface area contributed by atoms with E-state index in [0.717, 1.165) is 0 Å². The van der Waals surface area contributed by atoms with Gasteiger partial charge in [0, 0.05) is 10.6 Å². The Morgan fingerprint density at radius 1 is 1.00 bits per heavy atom. The summed E-state index contributed by atoms with van der Waals surface area (Å²) in [5, 5.41) is 2.91. The molecule has 0 aliphatic heterocycles. The highest BCUT2D eigenvalue weighted by Crippen LogP contribution is 2.09. The van der Waals surface area contributed by atoms with Crippen molar-refractivity contribution in [3.05, 3.63) is 65.2 Å². The van der Waals surface area contributed by atoms with Gasteiger partial charge in [0.2, 0.25) is 0 Å². The summed E-state index contributed by atoms with van der Waals surface area (Å²) in [6, 6.07) is 15.2. The highest BCUT2D eigenvalue weighted by molar-refractivity contribution is 7.80. The number of thiocarbonyl (C=S) groups is 1. The van der Waals surface area contributed by atoms with E-state index in [1.54, 1.807) is 48.5 Å². The van der Waals surface area contributed by atoms with Gasteiger partial charge < -0.3 is 4.74 Å². The normalized spacial score (nSPS) is 9.71. The zero-order valence-corrected chi connectivity index (χ0v) is 14.0. The molecule has 8 heteroatoms. The van der Waals surface area contributed by atoms with Gasteiger partial charge in [-0.05, 0) is 48.6 Å². The van der Waals surface area contributed by atoms with Gasteiger partial charge >= 0.3 is 0 Å². The van der Waals surface area contributed by atoms with Gasteiger partial charge in [0.25, 0.3) is 11.8 Å². The van der Waals surface area contributed by atoms with Crippen molar-refractivity contribution in [1.82, 2.24) is 16.2 Å². The topological polar surface area (TPSA) is 79.5 Å². The third kappa shape index (κ3) is 5.86. The minimum Gasteiger partial charge on any atom is -0.484 e. The third-order valence-electron chi connectivity index (χ3n) is 2.76. The molecule has 124 valence electrons. The third-order valence-corrected chi connectivity index (χ3v) is 3.22. The molecule has 6 nitrogen and oxygen atoms in total. The number of nitrogens with one attached hydrogen (secondary N) is 3. The number of hydrazine groups is 1. The molecule has 0 bridgehead atoms. The molecule has 2 amide bonds. The highest BCUT2D eigenvalue weighted by Gasteiger charge is 2.08. The van der Waals surface area contributed by atoms with Crippen molar-refractivity contribution < 1.29 is 14.3 Å². The molecule has 0 saturated carbocycles. The summed E-state index contributed by atoms with van der Waals surface area (Å²) in [5.41, 5.74) is 5.14. The van der Waals surface area contributed by atoms with Gasteiger partial charge in [-0.3, -0.25) is 25.8 Å². The lowest BCUT2D eigenvalue weighted by atomic mass is 10.2. The second-order valence-electron chi connectivity index (χ2n) is 4.57. The quantitative estimate of drug-likeness (QED) is 0.572. The molecule has 2 rings (SSSR count). The minimum absolute atomic E-state index is 0.0389. The number of ether oxygens (including phenoxy) is 1. The molecule has 2 aromatic carbocycles. The molecule has 0 heterocycles. The summed E-state index contributed by atoms with van der Waals surface area (Å²) in [6.07, 6.45) is 0. The van der Waals surface area contributed by atoms with Crippen molar-refractivity contribution >= 4 is 40.7 Å². The molecule has 0 saturated heterocycles. The summed E-state index contributed by atoms with van der Waals surface area (Å²) in [4.78, 5) is 23.5. The fraction of sp³-hybridized carbons (Fsp3) is 0.0625. The monoisotopic (exact) mass is 363 g/mol. The lowest BCUT2D eigenvalue weighted by molar-refractivity contribution is -0.123. The molecule has 0 aliphatic carbocycles. The van der Waals surface area contributed by atoms with Crippen molar-refractivity contribution in [2.45, 2.75) is 0 Å². The van der Waals surface area contributed by atoms with Gasteiger partial charge in [0.1, 0.15) is 5.75 Å². The number of amides is 2. The number of carbonyl (C=O) groups excluding carboxylic acids is 2. The van der Waals surface area contributed by atoms with Crippen LogP contribution < -0.4 is 20.9 Å². The molecule has 0 aliphatic rings. The zero-order chi connectivity index (χ0) is 17.4. The smallest absolute Gasteiger partial charge is 0.276 e. The number of halogens is 1. The Balaban J connectivity index is 1.71. The largest absolute Gasteiger partial charge is 0.484 e. The van der Waals surface area contributed by atoms with E-state index in [0.29, 0.717) is 16.3 Å². The molecule has 0 fully saturated rings. The summed E-state index contributed by atoms with van der Waals surface area (Å²) >= 11 is 10.7. The van der Waals surface area contributed by atoms with E-state index in [-0.39, 0.29) is 11.7 Å². The lowest BCUT2D eigenvalue weighted by Gasteiger charge is -2.11. The number of rotatable bonds is 4. The Morgan fingerprint density at radius 3 is 2.33 bits per heavy atom. The van der Waals surface area contributed by atoms with Crippen molar-refractivity contribution in [2.24, 2.45) is 0 Å². The molecule has 2 aromatic rings. The van der Waals surface area contributed by atoms with Gasteiger partial charge in [-0.2, -0.15) is 0 Å². The van der Waals surface area contributed by atoms with Crippen LogP contribution in [-0.2, 0) is 4.79 Å². The standard InChI is InChI=1S/C16H14ClN3O3S/c17-12-8-6-11(7-9-12)15(22)18-16(24)20-19-14(21)10-23-13-4-2-1-3-5-13/h1-9H,10H2,(H,19,21)(H2,18,20,22,24). The fourth-order valence-corrected chi connectivity index (χ4v) is 1.91. The van der Waals surface area contributed by atoms with Crippen LogP contribution >= 0.6 is 23.8 Å². The molecular formula is C16H14ClN3O3S. The van der Waals surface area contributed by atoms with Crippen LogP contribution in [0.2, 0.25) is 5.02 Å². The van der Waals surface area contributed by atoms with E-state index in [1.807, 2.05) is 6.07 Å². The Labute approximate surface area is 149 Å². The minimum atomic E-state index is -0.443. The first kappa shape index (κ1) is 17.7. The maximum Gasteiger partial charge on any atom is 0.276 e. The molecule has 0 aromatic heterocycles. The van der Waals surface area contributed by atoms with Crippen LogP contribution in [0.5, 0.6) is 5.75 Å². The Hall–Kier alpha value is -2.64. The van der Waals surface area contributed by atoms with E-state index in [9.17, 15) is 9.59 Å². The van der Waals surface area contributed by atoms with Crippen LogP contribution in [0.3, 0.4) is 0 Å². The van der Waals surface area contributed by atoms with E-state index in [4.69, 9.17) is 28.6 Å². The summed E-state index contributed by atoms with van der Waals surface area (Å²) < 4.78 is 5.27. The van der Waals surface area contributed by atoms with E-state index in [2.05, 4.69) is 16.2 Å². The van der Waals surface area contributed by atoms with Crippen molar-refractivity contribution in [3.8, 4) is 5.75 Å². The van der Waals surface area contributed by atoms with Crippen LogP contribution in [0.25, 0.3) is 0 Å². The first-order valence-electron chi connectivity index (χ1n) is 6.88. The number of benzene rings is 2. The second kappa shape index (κ2) is 8.85. The van der Waals surface area contributed by atoms with Crippen LogP contribution in [0.1, 0.15) is 10.4 Å². The molecule has 0 radical (unpaired) electrons. The van der Waals surface area contributed by atoms with Gasteiger partial charge in [0.05, 0.1) is 0 Å². The van der Waals surface area contributed by atoms with Gasteiger partial charge in [-0.1, -0.05) is 29.8 Å². The maximum atomic E-state index is 11.9. The van der Waals surface area contributed by atoms with Gasteiger partial charge in [0.15, 0.2) is 11.7 Å². The van der Waals surface area contributed by atoms with E-state index in [1.165, 1.54) is 0 Å². The van der Waals surface area contributed by atoms with Gasteiger partial charge in [-0.25, -0.2) is 0 Å². The molecule has 0 unspecified atom stereocenters. The number of hydrogen-bond donors (Lipinski definition) is 3. The second-order valence-corrected chi connectivity index (χ2v) is 5.41. The summed E-state index contributed by atoms with van der Waals surface area (Å²) in [5.74, 6) is -0.285. The highest BCUT2D eigenvalue weighted by atomic mass is 35.5. The molecule has 0 atom stereocenters. The summed E-state index contributed by atoms with van der Waals surface area (Å²) in [6.45, 7) is -0.190. The average Bonchev–Trinajstić information content (AvgIpc) is 2.59. The number of hydrogen-bond acceptors (Lipinski definition) is 4. The Morgan fingerprint density at radius 2 is 1.67 bits per heavy atom. The number of carbonyl (C=O) groups is 2. The van der Waals surface area contributed by atoms with Crippen molar-refractivity contribution in [2.75, 3.05) is 6.61 Å². The average molecular weight is 364 g/mol. The first-order valence-corrected chi connectivity index (χ1v) is 7.67. The number of para-hydroxylation sites is 1. The van der Waals surface area contributed by atoms with Crippen LogP contribution in [0.15, 0.2) is 54.6 Å². The molecule has 3 N–H and O–H groups in total. The molecule has 24 heavy (non-hydrogen) atoms. The van der Waals surface area contributed by atoms with E-state index < -0.39 is 11.8 Å². The zero-order valence-electron chi connectivity index (χ0n) is 12.4. The molecule has 0 spiro atoms. The first-order chi connectivity index (χ1) is 11.5. The van der Waals surface area contributed by atoms with Crippen molar-refractivity contribution in [1.29, 1.82) is 0 Å². The maximum absolute atomic E-state index is 11.9. The summed E-state index contributed by atoms with van der Waals surface area (Å²) in [7, 11) is 0. The molecular weight excluding hydrogens is 350 g/mol. The van der Waals surface area contributed by atoms with Crippen LogP contribution in [0, 0.1) is 0 Å². The predicted molar refractivity (Wildman–Crippen MR) is 94.7 cm³/mol. The van der Waals surface area contributed by atoms with Crippen LogP contribution in [-0.4, -0.2) is 23.5 Å². The van der Waals surface area contributed by atoms with Crippen LogP contribution in [0.4, 0.5) is 0 Å².